The molecule has 64 valence electrons. The van der Waals surface area contributed by atoms with Crippen LogP contribution in [-0.2, 0) is 4.74 Å². The molecule has 0 rings (SSSR count). The fourth-order valence-corrected chi connectivity index (χ4v) is 0.829. The summed E-state index contributed by atoms with van der Waals surface area (Å²) in [7, 11) is 0. The van der Waals surface area contributed by atoms with Crippen LogP contribution < -0.4 is 18.9 Å². The van der Waals surface area contributed by atoms with Crippen LogP contribution in [0.2, 0.25) is 0 Å². The average molecular weight is 160 g/mol. The van der Waals surface area contributed by atoms with Crippen LogP contribution in [0, 0.1) is 12.3 Å². The van der Waals surface area contributed by atoms with Crippen LogP contribution in [0.4, 0.5) is 0 Å². The van der Waals surface area contributed by atoms with Crippen LogP contribution in [-0.4, -0.2) is 12.7 Å². The molecule has 0 aromatic rings. The molecular formula is C10H17LiO. The molecule has 0 heterocycles. The summed E-state index contributed by atoms with van der Waals surface area (Å²) in [5.41, 5.74) is 0. The first-order valence-electron chi connectivity index (χ1n) is 4.39. The first-order chi connectivity index (χ1) is 5.35. The first kappa shape index (κ1) is 14.6. The molecule has 0 saturated heterocycles. The van der Waals surface area contributed by atoms with Gasteiger partial charge in [-0.3, -0.25) is 0 Å². The van der Waals surface area contributed by atoms with Crippen molar-refractivity contribution in [2.75, 3.05) is 6.61 Å². The Morgan fingerprint density at radius 3 is 2.42 bits per heavy atom. The van der Waals surface area contributed by atoms with Crippen molar-refractivity contribution in [2.24, 2.45) is 0 Å². The van der Waals surface area contributed by atoms with Gasteiger partial charge >= 0.3 is 18.9 Å². The maximum atomic E-state index is 6.92. The molecule has 1 atom stereocenters. The zero-order valence-electron chi connectivity index (χ0n) is 8.52. The van der Waals surface area contributed by atoms with Gasteiger partial charge in [0.05, 0.1) is 6.10 Å². The molecule has 0 saturated carbocycles. The van der Waals surface area contributed by atoms with Crippen LogP contribution in [0.25, 0.3) is 0 Å². The molecule has 2 heteroatoms. The van der Waals surface area contributed by atoms with Gasteiger partial charge in [0.1, 0.15) is 0 Å². The van der Waals surface area contributed by atoms with E-state index >= 15 is 0 Å². The van der Waals surface area contributed by atoms with Crippen molar-refractivity contribution in [3.8, 4) is 5.92 Å². The molecule has 0 aromatic carbocycles. The van der Waals surface area contributed by atoms with Crippen molar-refractivity contribution in [3.05, 3.63) is 6.42 Å². The summed E-state index contributed by atoms with van der Waals surface area (Å²) in [6, 6.07) is 0. The standard InChI is InChI=1S/C10H17O.Li/c1-4-7-9-11-10(6-3)8-5-2;/h10H,4-5,7-9H2,1-2H3;/q-1;+1. The maximum absolute atomic E-state index is 6.92. The molecule has 0 aliphatic carbocycles. The molecular weight excluding hydrogens is 143 g/mol. The molecule has 12 heavy (non-hydrogen) atoms. The summed E-state index contributed by atoms with van der Waals surface area (Å²) >= 11 is 0. The van der Waals surface area contributed by atoms with Crippen LogP contribution in [0.5, 0.6) is 0 Å². The Kier molecular flexibility index (Phi) is 13.6. The van der Waals surface area contributed by atoms with Crippen molar-refractivity contribution in [1.29, 1.82) is 0 Å². The fraction of sp³-hybridized carbons (Fsp3) is 0.800. The summed E-state index contributed by atoms with van der Waals surface area (Å²) in [6.45, 7) is 4.99. The summed E-state index contributed by atoms with van der Waals surface area (Å²) in [6.07, 6.45) is 11.1. The van der Waals surface area contributed by atoms with Gasteiger partial charge in [-0.25, -0.2) is 0 Å². The summed E-state index contributed by atoms with van der Waals surface area (Å²) in [5.74, 6) is 2.39. The van der Waals surface area contributed by atoms with E-state index in [1.54, 1.807) is 0 Å². The second kappa shape index (κ2) is 11.1. The van der Waals surface area contributed by atoms with Crippen molar-refractivity contribution in [1.82, 2.24) is 0 Å². The third-order valence-electron chi connectivity index (χ3n) is 1.53. The molecule has 0 N–H and O–H groups in total. The molecule has 1 nitrogen and oxygen atoms in total. The molecule has 0 fully saturated rings. The van der Waals surface area contributed by atoms with Crippen LogP contribution >= 0.6 is 0 Å². The van der Waals surface area contributed by atoms with Gasteiger partial charge in [-0.15, -0.1) is 0 Å². The minimum absolute atomic E-state index is 0. The fourth-order valence-electron chi connectivity index (χ4n) is 0.829. The van der Waals surface area contributed by atoms with Gasteiger partial charge in [0.15, 0.2) is 0 Å². The molecule has 0 amide bonds. The molecule has 0 spiro atoms. The predicted octanol–water partition coefficient (Wildman–Crippen LogP) is -0.434. The molecule has 1 unspecified atom stereocenters. The van der Waals surface area contributed by atoms with Gasteiger partial charge in [-0.1, -0.05) is 26.7 Å². The van der Waals surface area contributed by atoms with E-state index in [-0.39, 0.29) is 25.0 Å². The van der Waals surface area contributed by atoms with E-state index in [1.165, 1.54) is 0 Å². The smallest absolute Gasteiger partial charge is 0.691 e. The molecule has 0 aliphatic rings. The van der Waals surface area contributed by atoms with E-state index in [0.29, 0.717) is 0 Å². The second-order valence-corrected chi connectivity index (χ2v) is 2.65. The summed E-state index contributed by atoms with van der Waals surface area (Å²) in [5, 5.41) is 0. The van der Waals surface area contributed by atoms with Crippen LogP contribution in [0.1, 0.15) is 39.5 Å². The Bertz CT molecular complexity index is 117. The Labute approximate surface area is 88.4 Å². The van der Waals surface area contributed by atoms with Crippen LogP contribution in [0.15, 0.2) is 0 Å². The Morgan fingerprint density at radius 2 is 2.00 bits per heavy atom. The molecule has 0 radical (unpaired) electrons. The number of rotatable bonds is 6. The van der Waals surface area contributed by atoms with E-state index in [4.69, 9.17) is 11.2 Å². The van der Waals surface area contributed by atoms with Crippen molar-refractivity contribution >= 4 is 0 Å². The summed E-state index contributed by atoms with van der Waals surface area (Å²) < 4.78 is 5.37. The Balaban J connectivity index is 0. The topological polar surface area (TPSA) is 9.23 Å². The largest absolute Gasteiger partial charge is 1.00 e. The Hall–Kier alpha value is 0.117. The molecule has 0 aliphatic heterocycles. The number of unbranched alkanes of at least 4 members (excludes halogenated alkanes) is 1. The van der Waals surface area contributed by atoms with Gasteiger partial charge < -0.3 is 17.1 Å². The average Bonchev–Trinajstić information content (AvgIpc) is 2.03. The third kappa shape index (κ3) is 8.22. The maximum Gasteiger partial charge on any atom is 1.00 e. The number of ether oxygens (including phenoxy) is 1. The normalized spacial score (nSPS) is 11.4. The van der Waals surface area contributed by atoms with E-state index in [9.17, 15) is 0 Å². The van der Waals surface area contributed by atoms with Crippen LogP contribution in [0.3, 0.4) is 0 Å². The van der Waals surface area contributed by atoms with Crippen molar-refractivity contribution in [2.45, 2.75) is 45.6 Å². The zero-order chi connectivity index (χ0) is 8.53. The van der Waals surface area contributed by atoms with Crippen molar-refractivity contribution < 1.29 is 23.6 Å². The van der Waals surface area contributed by atoms with E-state index in [1.807, 2.05) is 0 Å². The SMILES string of the molecule is [C-]#CC(CCC)OCCCC.[Li+]. The monoisotopic (exact) mass is 160 g/mol. The molecule has 0 bridgehead atoms. The minimum atomic E-state index is -0.0634. The van der Waals surface area contributed by atoms with E-state index in [0.717, 1.165) is 32.3 Å². The van der Waals surface area contributed by atoms with Gasteiger partial charge in [-0.05, 0) is 12.8 Å². The van der Waals surface area contributed by atoms with Gasteiger partial charge in [0.25, 0.3) is 0 Å². The number of hydrogen-bond donors (Lipinski definition) is 0. The van der Waals surface area contributed by atoms with Gasteiger partial charge in [-0.2, -0.15) is 0 Å². The van der Waals surface area contributed by atoms with Gasteiger partial charge in [0, 0.05) is 6.61 Å². The van der Waals surface area contributed by atoms with E-state index in [2.05, 4.69) is 19.8 Å². The molecule has 0 aromatic heterocycles. The second-order valence-electron chi connectivity index (χ2n) is 2.65. The number of hydrogen-bond acceptors (Lipinski definition) is 1. The Morgan fingerprint density at radius 1 is 1.33 bits per heavy atom. The summed E-state index contributed by atoms with van der Waals surface area (Å²) in [4.78, 5) is 0. The quantitative estimate of drug-likeness (QED) is 0.222. The zero-order valence-corrected chi connectivity index (χ0v) is 8.52. The predicted molar refractivity (Wildman–Crippen MR) is 46.7 cm³/mol. The minimum Gasteiger partial charge on any atom is -0.691 e. The van der Waals surface area contributed by atoms with Gasteiger partial charge in [0.2, 0.25) is 0 Å². The van der Waals surface area contributed by atoms with E-state index < -0.39 is 0 Å². The first-order valence-corrected chi connectivity index (χ1v) is 4.39. The third-order valence-corrected chi connectivity index (χ3v) is 1.53. The van der Waals surface area contributed by atoms with Crippen molar-refractivity contribution in [3.63, 3.8) is 0 Å².